The Hall–Kier alpha value is -1.63. The minimum absolute atomic E-state index is 0.346. The summed E-state index contributed by atoms with van der Waals surface area (Å²) in [5, 5.41) is 2.55. The molecule has 0 radical (unpaired) electrons. The zero-order chi connectivity index (χ0) is 13.0. The van der Waals surface area contributed by atoms with E-state index >= 15 is 0 Å². The molecule has 0 fully saturated rings. The average Bonchev–Trinajstić information content (AvgIpc) is 2.34. The highest BCUT2D eigenvalue weighted by molar-refractivity contribution is 14.1. The lowest BCUT2D eigenvalue weighted by molar-refractivity contribution is 0.215. The van der Waals surface area contributed by atoms with Crippen LogP contribution in [0.2, 0.25) is 0 Å². The summed E-state index contributed by atoms with van der Waals surface area (Å²) in [5.41, 5.74) is 0.512. The van der Waals surface area contributed by atoms with E-state index < -0.39 is 6.09 Å². The van der Waals surface area contributed by atoms with E-state index in [-0.39, 0.29) is 5.82 Å². The molecule has 0 heterocycles. The third kappa shape index (κ3) is 3.43. The summed E-state index contributed by atoms with van der Waals surface area (Å²) in [6.45, 7) is 0. The number of anilines is 1. The fourth-order valence-electron chi connectivity index (χ4n) is 1.32. The van der Waals surface area contributed by atoms with Gasteiger partial charge in [-0.3, -0.25) is 5.32 Å². The van der Waals surface area contributed by atoms with Crippen LogP contribution in [-0.2, 0) is 0 Å². The Bertz CT molecular complexity index is 560. The summed E-state index contributed by atoms with van der Waals surface area (Å²) >= 11 is 1.94. The molecule has 5 heteroatoms. The van der Waals surface area contributed by atoms with Gasteiger partial charge in [0.05, 0.1) is 5.69 Å². The SMILES string of the molecule is O=C(Nc1ccc(F)cc1I)Oc1ccccc1. The molecule has 0 saturated carbocycles. The van der Waals surface area contributed by atoms with Crippen molar-refractivity contribution < 1.29 is 13.9 Å². The number of benzene rings is 2. The first kappa shape index (κ1) is 12.8. The van der Waals surface area contributed by atoms with Crippen LogP contribution in [0, 0.1) is 9.39 Å². The quantitative estimate of drug-likeness (QED) is 0.824. The second-order valence-electron chi connectivity index (χ2n) is 3.45. The van der Waals surface area contributed by atoms with Crippen molar-refractivity contribution in [2.45, 2.75) is 0 Å². The molecular formula is C13H9FINO2. The lowest BCUT2D eigenvalue weighted by Gasteiger charge is -2.08. The number of carbonyl (C=O) groups is 1. The van der Waals surface area contributed by atoms with Crippen molar-refractivity contribution in [3.05, 3.63) is 57.9 Å². The molecule has 0 aliphatic heterocycles. The van der Waals surface area contributed by atoms with Gasteiger partial charge in [-0.15, -0.1) is 0 Å². The van der Waals surface area contributed by atoms with Gasteiger partial charge in [-0.2, -0.15) is 0 Å². The Morgan fingerprint density at radius 2 is 1.89 bits per heavy atom. The summed E-state index contributed by atoms with van der Waals surface area (Å²) in [7, 11) is 0. The van der Waals surface area contributed by atoms with Crippen LogP contribution in [0.25, 0.3) is 0 Å². The summed E-state index contributed by atoms with van der Waals surface area (Å²) < 4.78 is 18.5. The van der Waals surface area contributed by atoms with Gasteiger partial charge in [-0.1, -0.05) is 18.2 Å². The third-order valence-corrected chi connectivity index (χ3v) is 3.01. The van der Waals surface area contributed by atoms with Gasteiger partial charge in [0.25, 0.3) is 0 Å². The normalized spacial score (nSPS) is 9.89. The summed E-state index contributed by atoms with van der Waals surface area (Å²) in [6, 6.07) is 12.8. The Morgan fingerprint density at radius 1 is 1.17 bits per heavy atom. The van der Waals surface area contributed by atoms with Crippen LogP contribution in [0.5, 0.6) is 5.75 Å². The van der Waals surface area contributed by atoms with Crippen LogP contribution >= 0.6 is 22.6 Å². The van der Waals surface area contributed by atoms with E-state index in [0.29, 0.717) is 15.0 Å². The average molecular weight is 357 g/mol. The monoisotopic (exact) mass is 357 g/mol. The Kier molecular flexibility index (Phi) is 4.14. The van der Waals surface area contributed by atoms with Crippen LogP contribution in [0.1, 0.15) is 0 Å². The van der Waals surface area contributed by atoms with E-state index in [1.165, 1.54) is 18.2 Å². The van der Waals surface area contributed by atoms with Gasteiger partial charge in [0.2, 0.25) is 0 Å². The van der Waals surface area contributed by atoms with E-state index in [0.717, 1.165) is 0 Å². The number of amides is 1. The largest absolute Gasteiger partial charge is 0.417 e. The van der Waals surface area contributed by atoms with Crippen molar-refractivity contribution in [3.8, 4) is 5.75 Å². The number of rotatable bonds is 2. The van der Waals surface area contributed by atoms with Gasteiger partial charge in [-0.25, -0.2) is 9.18 Å². The highest BCUT2D eigenvalue weighted by Gasteiger charge is 2.08. The van der Waals surface area contributed by atoms with Gasteiger partial charge in [0.1, 0.15) is 11.6 Å². The molecule has 2 aromatic rings. The van der Waals surface area contributed by atoms with Crippen LogP contribution in [0.3, 0.4) is 0 Å². The summed E-state index contributed by atoms with van der Waals surface area (Å²) in [4.78, 5) is 11.6. The summed E-state index contributed by atoms with van der Waals surface area (Å²) in [5.74, 6) is 0.105. The molecule has 1 amide bonds. The van der Waals surface area contributed by atoms with Gasteiger partial charge in [-0.05, 0) is 52.9 Å². The second kappa shape index (κ2) is 5.81. The predicted octanol–water partition coefficient (Wildman–Crippen LogP) is 4.04. The molecule has 0 aromatic heterocycles. The number of hydrogen-bond acceptors (Lipinski definition) is 2. The molecule has 0 unspecified atom stereocenters. The van der Waals surface area contributed by atoms with Crippen LogP contribution in [-0.4, -0.2) is 6.09 Å². The second-order valence-corrected chi connectivity index (χ2v) is 4.61. The minimum atomic E-state index is -0.606. The Labute approximate surface area is 117 Å². The van der Waals surface area contributed by atoms with E-state index in [2.05, 4.69) is 5.32 Å². The van der Waals surface area contributed by atoms with Gasteiger partial charge in [0.15, 0.2) is 0 Å². The first-order valence-electron chi connectivity index (χ1n) is 5.14. The molecule has 2 rings (SSSR count). The van der Waals surface area contributed by atoms with Gasteiger partial charge < -0.3 is 4.74 Å². The first-order chi connectivity index (χ1) is 8.65. The van der Waals surface area contributed by atoms with Crippen molar-refractivity contribution >= 4 is 34.4 Å². The number of carbonyl (C=O) groups excluding carboxylic acids is 1. The maximum atomic E-state index is 12.9. The lowest BCUT2D eigenvalue weighted by Crippen LogP contribution is -2.17. The lowest BCUT2D eigenvalue weighted by atomic mass is 10.3. The molecular weight excluding hydrogens is 348 g/mol. The standard InChI is InChI=1S/C13H9FINO2/c14-9-6-7-12(11(15)8-9)16-13(17)18-10-4-2-1-3-5-10/h1-8H,(H,16,17). The van der Waals surface area contributed by atoms with Crippen molar-refractivity contribution in [1.82, 2.24) is 0 Å². The zero-order valence-corrected chi connectivity index (χ0v) is 11.3. The zero-order valence-electron chi connectivity index (χ0n) is 9.19. The molecule has 2 aromatic carbocycles. The molecule has 0 saturated heterocycles. The molecule has 0 aliphatic carbocycles. The predicted molar refractivity (Wildman–Crippen MR) is 75.2 cm³/mol. The number of para-hydroxylation sites is 1. The maximum absolute atomic E-state index is 12.9. The van der Waals surface area contributed by atoms with Crippen LogP contribution < -0.4 is 10.1 Å². The minimum Gasteiger partial charge on any atom is -0.410 e. The fourth-order valence-corrected chi connectivity index (χ4v) is 1.93. The van der Waals surface area contributed by atoms with Crippen molar-refractivity contribution in [3.63, 3.8) is 0 Å². The fraction of sp³-hybridized carbons (Fsp3) is 0. The Balaban J connectivity index is 2.03. The third-order valence-electron chi connectivity index (χ3n) is 2.12. The first-order valence-corrected chi connectivity index (χ1v) is 6.22. The van der Waals surface area contributed by atoms with Crippen molar-refractivity contribution in [2.24, 2.45) is 0 Å². The van der Waals surface area contributed by atoms with E-state index in [1.807, 2.05) is 28.7 Å². The summed E-state index contributed by atoms with van der Waals surface area (Å²) in [6.07, 6.45) is -0.606. The van der Waals surface area contributed by atoms with Crippen LogP contribution in [0.15, 0.2) is 48.5 Å². The highest BCUT2D eigenvalue weighted by atomic mass is 127. The smallest absolute Gasteiger partial charge is 0.410 e. The van der Waals surface area contributed by atoms with Crippen molar-refractivity contribution in [2.75, 3.05) is 5.32 Å². The maximum Gasteiger partial charge on any atom is 0.417 e. The highest BCUT2D eigenvalue weighted by Crippen LogP contribution is 2.19. The molecule has 1 N–H and O–H groups in total. The van der Waals surface area contributed by atoms with Gasteiger partial charge >= 0.3 is 6.09 Å². The molecule has 0 spiro atoms. The molecule has 0 aliphatic rings. The van der Waals surface area contributed by atoms with Crippen LogP contribution in [0.4, 0.5) is 14.9 Å². The Morgan fingerprint density at radius 3 is 2.56 bits per heavy atom. The molecule has 18 heavy (non-hydrogen) atoms. The van der Waals surface area contributed by atoms with Crippen molar-refractivity contribution in [1.29, 1.82) is 0 Å². The topological polar surface area (TPSA) is 38.3 Å². The molecule has 3 nitrogen and oxygen atoms in total. The van der Waals surface area contributed by atoms with E-state index in [1.54, 1.807) is 24.3 Å². The number of nitrogens with one attached hydrogen (secondary N) is 1. The van der Waals surface area contributed by atoms with E-state index in [4.69, 9.17) is 4.74 Å². The molecule has 92 valence electrons. The number of hydrogen-bond donors (Lipinski definition) is 1. The molecule has 0 bridgehead atoms. The molecule has 0 atom stereocenters. The number of ether oxygens (including phenoxy) is 1. The van der Waals surface area contributed by atoms with Gasteiger partial charge in [0, 0.05) is 3.57 Å². The number of halogens is 2. The van der Waals surface area contributed by atoms with E-state index in [9.17, 15) is 9.18 Å².